The van der Waals surface area contributed by atoms with Gasteiger partial charge >= 0.3 is 0 Å². The smallest absolute Gasteiger partial charge is 0.191 e. The molecule has 1 saturated heterocycles. The third-order valence-electron chi connectivity index (χ3n) is 3.64. The van der Waals surface area contributed by atoms with Gasteiger partial charge in [0, 0.05) is 30.8 Å². The number of methoxy groups -OCH3 is 1. The van der Waals surface area contributed by atoms with E-state index in [1.807, 2.05) is 24.3 Å². The first-order valence-electron chi connectivity index (χ1n) is 7.04. The Balaban J connectivity index is 0.00000220. The summed E-state index contributed by atoms with van der Waals surface area (Å²) in [6.07, 6.45) is 3.50. The van der Waals surface area contributed by atoms with Gasteiger partial charge in [-0.2, -0.15) is 0 Å². The molecule has 6 heteroatoms. The summed E-state index contributed by atoms with van der Waals surface area (Å²) in [5, 5.41) is 0.700. The first kappa shape index (κ1) is 18.5. The van der Waals surface area contributed by atoms with E-state index in [9.17, 15) is 0 Å². The van der Waals surface area contributed by atoms with Crippen LogP contribution in [0, 0.1) is 0 Å². The van der Waals surface area contributed by atoms with Crippen molar-refractivity contribution >= 4 is 41.5 Å². The van der Waals surface area contributed by atoms with Crippen LogP contribution in [0.15, 0.2) is 29.3 Å². The topological polar surface area (TPSA) is 50.9 Å². The Hall–Kier alpha value is -0.530. The quantitative estimate of drug-likeness (QED) is 0.458. The first-order chi connectivity index (χ1) is 9.72. The minimum Gasteiger partial charge on any atom is -0.375 e. The fourth-order valence-corrected chi connectivity index (χ4v) is 2.69. The normalized spacial score (nSPS) is 17.2. The lowest BCUT2D eigenvalue weighted by molar-refractivity contribution is 0.110. The number of guanidine groups is 1. The Labute approximate surface area is 148 Å². The molecule has 1 aliphatic heterocycles. The lowest BCUT2D eigenvalue weighted by atomic mass is 10.1. The van der Waals surface area contributed by atoms with Gasteiger partial charge in [0.05, 0.1) is 6.54 Å². The van der Waals surface area contributed by atoms with Crippen LogP contribution in [0.5, 0.6) is 0 Å². The second-order valence-electron chi connectivity index (χ2n) is 4.99. The molecule has 1 aliphatic rings. The van der Waals surface area contributed by atoms with E-state index in [0.29, 0.717) is 17.5 Å². The van der Waals surface area contributed by atoms with E-state index in [1.165, 1.54) is 19.3 Å². The van der Waals surface area contributed by atoms with Crippen molar-refractivity contribution in [1.82, 2.24) is 4.90 Å². The summed E-state index contributed by atoms with van der Waals surface area (Å²) in [6.45, 7) is 2.49. The van der Waals surface area contributed by atoms with Gasteiger partial charge in [0.1, 0.15) is 6.10 Å². The number of nitrogens with two attached hydrogens (primary N) is 1. The minimum atomic E-state index is -0.160. The second kappa shape index (κ2) is 9.48. The number of ether oxygens (including phenoxy) is 1. The van der Waals surface area contributed by atoms with Crippen LogP contribution in [0.3, 0.4) is 0 Å². The Morgan fingerprint density at radius 3 is 2.62 bits per heavy atom. The van der Waals surface area contributed by atoms with Crippen LogP contribution >= 0.6 is 35.6 Å². The molecule has 1 fully saturated rings. The van der Waals surface area contributed by atoms with Gasteiger partial charge in [-0.05, 0) is 25.3 Å². The Kier molecular flexibility index (Phi) is 8.36. The number of likely N-dealkylation sites (tertiary alicyclic amines) is 1. The lowest BCUT2D eigenvalue weighted by Gasteiger charge is -2.27. The van der Waals surface area contributed by atoms with Crippen LogP contribution in [0.2, 0.25) is 5.02 Å². The summed E-state index contributed by atoms with van der Waals surface area (Å²) < 4.78 is 5.49. The van der Waals surface area contributed by atoms with Gasteiger partial charge in [0.25, 0.3) is 0 Å². The highest BCUT2D eigenvalue weighted by atomic mass is 127. The summed E-state index contributed by atoms with van der Waals surface area (Å²) in [5.41, 5.74) is 7.01. The van der Waals surface area contributed by atoms with Crippen LogP contribution in [0.4, 0.5) is 0 Å². The third-order valence-corrected chi connectivity index (χ3v) is 3.98. The standard InChI is InChI=1S/C15H22ClN3O.HI/c1-20-14(12-7-3-4-8-13(12)16)11-18-15(17)19-9-5-2-6-10-19;/h3-4,7-8,14H,2,5-6,9-11H2,1H3,(H2,17,18);1H. The van der Waals surface area contributed by atoms with Crippen molar-refractivity contribution in [2.45, 2.75) is 25.4 Å². The largest absolute Gasteiger partial charge is 0.375 e. The van der Waals surface area contributed by atoms with Crippen molar-refractivity contribution in [2.75, 3.05) is 26.7 Å². The van der Waals surface area contributed by atoms with Crippen LogP contribution in [0.1, 0.15) is 30.9 Å². The first-order valence-corrected chi connectivity index (χ1v) is 7.42. The summed E-state index contributed by atoms with van der Waals surface area (Å²) in [5.74, 6) is 0.610. The maximum Gasteiger partial charge on any atom is 0.191 e. The SMILES string of the molecule is COC(CN=C(N)N1CCCCC1)c1ccccc1Cl.I. The van der Waals surface area contributed by atoms with Crippen LogP contribution in [-0.2, 0) is 4.74 Å². The van der Waals surface area contributed by atoms with Crippen molar-refractivity contribution < 1.29 is 4.74 Å². The highest BCUT2D eigenvalue weighted by molar-refractivity contribution is 14.0. The average molecular weight is 424 g/mol. The molecule has 0 aromatic heterocycles. The van der Waals surface area contributed by atoms with Gasteiger partial charge in [-0.15, -0.1) is 24.0 Å². The Morgan fingerprint density at radius 2 is 2.00 bits per heavy atom. The molecule has 0 amide bonds. The van der Waals surface area contributed by atoms with Gasteiger partial charge in [0.2, 0.25) is 0 Å². The zero-order valence-corrected chi connectivity index (χ0v) is 15.4. The van der Waals surface area contributed by atoms with E-state index in [4.69, 9.17) is 22.1 Å². The molecular formula is C15H23ClIN3O. The number of hydrogen-bond donors (Lipinski definition) is 1. The lowest BCUT2D eigenvalue weighted by Crippen LogP contribution is -2.41. The van der Waals surface area contributed by atoms with E-state index in [1.54, 1.807) is 7.11 Å². The molecule has 0 bridgehead atoms. The fraction of sp³-hybridized carbons (Fsp3) is 0.533. The molecule has 2 N–H and O–H groups in total. The monoisotopic (exact) mass is 423 g/mol. The van der Waals surface area contributed by atoms with Gasteiger partial charge in [-0.1, -0.05) is 29.8 Å². The molecule has 1 heterocycles. The summed E-state index contributed by atoms with van der Waals surface area (Å²) >= 11 is 6.19. The van der Waals surface area contributed by atoms with Gasteiger partial charge < -0.3 is 15.4 Å². The molecule has 118 valence electrons. The predicted molar refractivity (Wildman–Crippen MR) is 98.5 cm³/mol. The zero-order valence-electron chi connectivity index (χ0n) is 12.3. The molecule has 0 radical (unpaired) electrons. The van der Waals surface area contributed by atoms with Gasteiger partial charge in [-0.25, -0.2) is 0 Å². The number of benzene rings is 1. The Bertz CT molecular complexity index is 464. The number of aliphatic imine (C=N–C) groups is 1. The molecule has 0 saturated carbocycles. The molecule has 1 aromatic rings. The molecular weight excluding hydrogens is 401 g/mol. The van der Waals surface area contributed by atoms with E-state index < -0.39 is 0 Å². The van der Waals surface area contributed by atoms with Crippen LogP contribution in [-0.4, -0.2) is 37.6 Å². The van der Waals surface area contributed by atoms with E-state index in [0.717, 1.165) is 18.7 Å². The summed E-state index contributed by atoms with van der Waals surface area (Å²) in [6, 6.07) is 7.68. The van der Waals surface area contributed by atoms with Crippen LogP contribution < -0.4 is 5.73 Å². The van der Waals surface area contributed by atoms with Gasteiger partial charge in [-0.3, -0.25) is 4.99 Å². The van der Waals surface area contributed by atoms with E-state index in [-0.39, 0.29) is 30.1 Å². The number of nitrogens with zero attached hydrogens (tertiary/aromatic N) is 2. The van der Waals surface area contributed by atoms with E-state index in [2.05, 4.69) is 9.89 Å². The summed E-state index contributed by atoms with van der Waals surface area (Å²) in [4.78, 5) is 6.61. The third kappa shape index (κ3) is 5.30. The number of piperidine rings is 1. The number of halogens is 2. The van der Waals surface area contributed by atoms with Crippen molar-refractivity contribution in [3.05, 3.63) is 34.9 Å². The molecule has 4 nitrogen and oxygen atoms in total. The fourth-order valence-electron chi connectivity index (χ4n) is 2.44. The highest BCUT2D eigenvalue weighted by Crippen LogP contribution is 2.25. The van der Waals surface area contributed by atoms with E-state index >= 15 is 0 Å². The minimum absolute atomic E-state index is 0. The maximum absolute atomic E-state index is 6.19. The maximum atomic E-state index is 6.19. The second-order valence-corrected chi connectivity index (χ2v) is 5.40. The molecule has 0 spiro atoms. The van der Waals surface area contributed by atoms with Crippen molar-refractivity contribution in [3.8, 4) is 0 Å². The summed E-state index contributed by atoms with van der Waals surface area (Å²) in [7, 11) is 1.67. The molecule has 1 unspecified atom stereocenters. The van der Waals surface area contributed by atoms with Crippen molar-refractivity contribution in [3.63, 3.8) is 0 Å². The number of rotatable bonds is 4. The number of hydrogen-bond acceptors (Lipinski definition) is 2. The Morgan fingerprint density at radius 1 is 1.33 bits per heavy atom. The molecule has 0 aliphatic carbocycles. The average Bonchev–Trinajstić information content (AvgIpc) is 2.50. The molecule has 2 rings (SSSR count). The zero-order chi connectivity index (χ0) is 14.4. The molecule has 21 heavy (non-hydrogen) atoms. The van der Waals surface area contributed by atoms with Crippen LogP contribution in [0.25, 0.3) is 0 Å². The highest BCUT2D eigenvalue weighted by Gasteiger charge is 2.15. The van der Waals surface area contributed by atoms with Gasteiger partial charge in [0.15, 0.2) is 5.96 Å². The molecule has 1 aromatic carbocycles. The molecule has 1 atom stereocenters. The van der Waals surface area contributed by atoms with Crippen molar-refractivity contribution in [2.24, 2.45) is 10.7 Å². The predicted octanol–water partition coefficient (Wildman–Crippen LogP) is 3.45. The van der Waals surface area contributed by atoms with Crippen molar-refractivity contribution in [1.29, 1.82) is 0 Å².